The van der Waals surface area contributed by atoms with Crippen LogP contribution < -0.4 is 5.32 Å². The Morgan fingerprint density at radius 2 is 2.33 bits per heavy atom. The van der Waals surface area contributed by atoms with E-state index in [1.165, 1.54) is 30.6 Å². The minimum Gasteiger partial charge on any atom is -0.306 e. The number of hydrogen-bond acceptors (Lipinski definition) is 3. The zero-order valence-electron chi connectivity index (χ0n) is 9.05. The highest BCUT2D eigenvalue weighted by Gasteiger charge is 2.34. The van der Waals surface area contributed by atoms with Crippen molar-refractivity contribution in [3.63, 3.8) is 0 Å². The number of thiophene rings is 1. The van der Waals surface area contributed by atoms with Crippen LogP contribution in [0.2, 0.25) is 0 Å². The molecule has 0 saturated heterocycles. The molecule has 1 aromatic rings. The summed E-state index contributed by atoms with van der Waals surface area (Å²) in [5.41, 5.74) is 0.400. The molecular formula is C12H16N2S. The summed E-state index contributed by atoms with van der Waals surface area (Å²) < 4.78 is 0. The Morgan fingerprint density at radius 1 is 1.53 bits per heavy atom. The molecule has 0 unspecified atom stereocenters. The van der Waals surface area contributed by atoms with Crippen LogP contribution in [-0.4, -0.2) is 5.54 Å². The van der Waals surface area contributed by atoms with E-state index in [2.05, 4.69) is 24.4 Å². The predicted octanol–water partition coefficient (Wildman–Crippen LogP) is 3.04. The van der Waals surface area contributed by atoms with Gasteiger partial charge in [0.05, 0.1) is 0 Å². The first-order chi connectivity index (χ1) is 7.28. The second-order valence-electron chi connectivity index (χ2n) is 4.22. The average Bonchev–Trinajstić information content (AvgIpc) is 2.65. The first kappa shape index (κ1) is 10.7. The number of nitrogens with one attached hydrogen (secondary N) is 1. The summed E-state index contributed by atoms with van der Waals surface area (Å²) in [6.45, 7) is 3.17. The van der Waals surface area contributed by atoms with Gasteiger partial charge in [0.2, 0.25) is 0 Å². The van der Waals surface area contributed by atoms with Crippen molar-refractivity contribution in [2.24, 2.45) is 0 Å². The van der Waals surface area contributed by atoms with Gasteiger partial charge in [-0.05, 0) is 37.8 Å². The SMILES string of the molecule is CCC1(NCc2ccc(C#N)s2)CCC1. The molecule has 0 atom stereocenters. The first-order valence-electron chi connectivity index (χ1n) is 5.52. The van der Waals surface area contributed by atoms with E-state index in [0.29, 0.717) is 5.54 Å². The molecule has 1 heterocycles. The molecule has 0 bridgehead atoms. The van der Waals surface area contributed by atoms with Crippen molar-refractivity contribution in [3.05, 3.63) is 21.9 Å². The van der Waals surface area contributed by atoms with Crippen molar-refractivity contribution in [1.82, 2.24) is 5.32 Å². The van der Waals surface area contributed by atoms with Crippen LogP contribution in [0.3, 0.4) is 0 Å². The van der Waals surface area contributed by atoms with Crippen molar-refractivity contribution < 1.29 is 0 Å². The summed E-state index contributed by atoms with van der Waals surface area (Å²) >= 11 is 1.60. The lowest BCUT2D eigenvalue weighted by molar-refractivity contribution is 0.176. The molecule has 80 valence electrons. The molecule has 1 aromatic heterocycles. The summed E-state index contributed by atoms with van der Waals surface area (Å²) in [4.78, 5) is 2.08. The van der Waals surface area contributed by atoms with Gasteiger partial charge in [-0.25, -0.2) is 0 Å². The minimum atomic E-state index is 0.400. The summed E-state index contributed by atoms with van der Waals surface area (Å²) in [5.74, 6) is 0. The van der Waals surface area contributed by atoms with Crippen LogP contribution in [-0.2, 0) is 6.54 Å². The third-order valence-electron chi connectivity index (χ3n) is 3.40. The largest absolute Gasteiger partial charge is 0.306 e. The molecule has 0 aliphatic heterocycles. The van der Waals surface area contributed by atoms with E-state index >= 15 is 0 Å². The van der Waals surface area contributed by atoms with Gasteiger partial charge >= 0.3 is 0 Å². The zero-order valence-corrected chi connectivity index (χ0v) is 9.86. The van der Waals surface area contributed by atoms with Crippen molar-refractivity contribution in [3.8, 4) is 6.07 Å². The number of nitriles is 1. The van der Waals surface area contributed by atoms with Crippen molar-refractivity contribution >= 4 is 11.3 Å². The van der Waals surface area contributed by atoms with Gasteiger partial charge in [0.15, 0.2) is 0 Å². The van der Waals surface area contributed by atoms with E-state index in [1.807, 2.05) is 6.07 Å². The van der Waals surface area contributed by atoms with Crippen molar-refractivity contribution in [2.75, 3.05) is 0 Å². The molecule has 2 nitrogen and oxygen atoms in total. The van der Waals surface area contributed by atoms with Gasteiger partial charge < -0.3 is 5.32 Å². The summed E-state index contributed by atoms with van der Waals surface area (Å²) in [6.07, 6.45) is 5.18. The Bertz CT molecular complexity index is 366. The van der Waals surface area contributed by atoms with Crippen LogP contribution in [0, 0.1) is 11.3 Å². The molecule has 1 aliphatic carbocycles. The van der Waals surface area contributed by atoms with Crippen LogP contribution in [0.1, 0.15) is 42.4 Å². The first-order valence-corrected chi connectivity index (χ1v) is 6.33. The standard InChI is InChI=1S/C12H16N2S/c1-2-12(6-3-7-12)14-9-11-5-4-10(8-13)15-11/h4-5,14H,2-3,6-7,9H2,1H3. The second kappa shape index (κ2) is 4.34. The highest BCUT2D eigenvalue weighted by atomic mass is 32.1. The molecule has 1 aliphatic rings. The predicted molar refractivity (Wildman–Crippen MR) is 62.7 cm³/mol. The van der Waals surface area contributed by atoms with Gasteiger partial charge in [-0.2, -0.15) is 5.26 Å². The molecule has 1 N–H and O–H groups in total. The number of nitrogens with zero attached hydrogens (tertiary/aromatic N) is 1. The lowest BCUT2D eigenvalue weighted by Crippen LogP contribution is -2.49. The molecule has 15 heavy (non-hydrogen) atoms. The quantitative estimate of drug-likeness (QED) is 0.846. The lowest BCUT2D eigenvalue weighted by Gasteiger charge is -2.42. The Hall–Kier alpha value is -0.850. The Labute approximate surface area is 94.9 Å². The van der Waals surface area contributed by atoms with Gasteiger partial charge in [-0.15, -0.1) is 11.3 Å². The van der Waals surface area contributed by atoms with E-state index in [0.717, 1.165) is 11.4 Å². The molecule has 3 heteroatoms. The smallest absolute Gasteiger partial charge is 0.110 e. The second-order valence-corrected chi connectivity index (χ2v) is 5.39. The molecule has 0 spiro atoms. The van der Waals surface area contributed by atoms with E-state index in [-0.39, 0.29) is 0 Å². The minimum absolute atomic E-state index is 0.400. The lowest BCUT2D eigenvalue weighted by atomic mass is 9.75. The van der Waals surface area contributed by atoms with E-state index in [4.69, 9.17) is 5.26 Å². The number of rotatable bonds is 4. The van der Waals surface area contributed by atoms with Crippen LogP contribution in [0.25, 0.3) is 0 Å². The maximum atomic E-state index is 8.72. The molecule has 1 fully saturated rings. The zero-order chi connectivity index (χ0) is 10.7. The highest BCUT2D eigenvalue weighted by molar-refractivity contribution is 7.12. The van der Waals surface area contributed by atoms with Gasteiger partial charge in [-0.3, -0.25) is 0 Å². The van der Waals surface area contributed by atoms with Crippen molar-refractivity contribution in [2.45, 2.75) is 44.7 Å². The molecule has 2 rings (SSSR count). The van der Waals surface area contributed by atoms with Crippen LogP contribution in [0.4, 0.5) is 0 Å². The fourth-order valence-electron chi connectivity index (χ4n) is 2.07. The molecule has 1 saturated carbocycles. The van der Waals surface area contributed by atoms with E-state index < -0.39 is 0 Å². The average molecular weight is 220 g/mol. The molecule has 0 aromatic carbocycles. The van der Waals surface area contributed by atoms with Gasteiger partial charge in [0.1, 0.15) is 10.9 Å². The molecule has 0 amide bonds. The Morgan fingerprint density at radius 3 is 2.80 bits per heavy atom. The third kappa shape index (κ3) is 2.22. The van der Waals surface area contributed by atoms with Crippen LogP contribution in [0.5, 0.6) is 0 Å². The molecular weight excluding hydrogens is 204 g/mol. The van der Waals surface area contributed by atoms with Gasteiger partial charge in [0.25, 0.3) is 0 Å². The Balaban J connectivity index is 1.90. The maximum absolute atomic E-state index is 8.72. The van der Waals surface area contributed by atoms with E-state index in [9.17, 15) is 0 Å². The molecule has 0 radical (unpaired) electrons. The van der Waals surface area contributed by atoms with Gasteiger partial charge in [-0.1, -0.05) is 6.92 Å². The monoisotopic (exact) mass is 220 g/mol. The van der Waals surface area contributed by atoms with E-state index in [1.54, 1.807) is 11.3 Å². The fraction of sp³-hybridized carbons (Fsp3) is 0.583. The van der Waals surface area contributed by atoms with Crippen LogP contribution in [0.15, 0.2) is 12.1 Å². The topological polar surface area (TPSA) is 35.8 Å². The normalized spacial score (nSPS) is 18.1. The van der Waals surface area contributed by atoms with Crippen molar-refractivity contribution in [1.29, 1.82) is 5.26 Å². The number of hydrogen-bond donors (Lipinski definition) is 1. The summed E-state index contributed by atoms with van der Waals surface area (Å²) in [5, 5.41) is 12.4. The summed E-state index contributed by atoms with van der Waals surface area (Å²) in [6, 6.07) is 6.13. The van der Waals surface area contributed by atoms with Crippen LogP contribution >= 0.6 is 11.3 Å². The third-order valence-corrected chi connectivity index (χ3v) is 4.39. The maximum Gasteiger partial charge on any atom is 0.110 e. The van der Waals surface area contributed by atoms with Gasteiger partial charge in [0, 0.05) is 17.0 Å². The Kier molecular flexibility index (Phi) is 3.08. The fourth-order valence-corrected chi connectivity index (χ4v) is 2.81. The summed E-state index contributed by atoms with van der Waals surface area (Å²) in [7, 11) is 0. The highest BCUT2D eigenvalue weighted by Crippen LogP contribution is 2.35.